The first-order valence-electron chi connectivity index (χ1n) is 6.87. The van der Waals surface area contributed by atoms with Gasteiger partial charge >= 0.3 is 0 Å². The Morgan fingerprint density at radius 2 is 1.94 bits per heavy atom. The van der Waals surface area contributed by atoms with Gasteiger partial charge in [-0.25, -0.2) is 8.78 Å². The summed E-state index contributed by atoms with van der Waals surface area (Å²) in [5.41, 5.74) is 0. The standard InChI is InChI=1S/C13H22F2N2O/c1-9-4-7-16-8-11(9)17-12(18)10-2-5-13(14,15)6-3-10/h9-11,16H,2-8H2,1H3,(H,17,18). The third-order valence-electron chi connectivity index (χ3n) is 4.24. The summed E-state index contributed by atoms with van der Waals surface area (Å²) in [7, 11) is 0. The van der Waals surface area contributed by atoms with Crippen molar-refractivity contribution in [3.63, 3.8) is 0 Å². The Labute approximate surface area is 107 Å². The number of hydrogen-bond acceptors (Lipinski definition) is 2. The van der Waals surface area contributed by atoms with E-state index in [1.54, 1.807) is 0 Å². The highest BCUT2D eigenvalue weighted by atomic mass is 19.3. The molecule has 0 aromatic carbocycles. The second-order valence-corrected chi connectivity index (χ2v) is 5.72. The molecule has 5 heteroatoms. The SMILES string of the molecule is CC1CCNCC1NC(=O)C1CCC(F)(F)CC1. The lowest BCUT2D eigenvalue weighted by atomic mass is 9.85. The first-order valence-corrected chi connectivity index (χ1v) is 6.87. The van der Waals surface area contributed by atoms with E-state index in [1.807, 2.05) is 0 Å². The van der Waals surface area contributed by atoms with E-state index < -0.39 is 5.92 Å². The molecule has 2 rings (SSSR count). The largest absolute Gasteiger partial charge is 0.352 e. The Hall–Kier alpha value is -0.710. The molecule has 18 heavy (non-hydrogen) atoms. The molecule has 0 spiro atoms. The van der Waals surface area contributed by atoms with Gasteiger partial charge in [-0.05, 0) is 31.7 Å². The number of amides is 1. The number of hydrogen-bond donors (Lipinski definition) is 2. The van der Waals surface area contributed by atoms with Crippen LogP contribution in [0, 0.1) is 11.8 Å². The highest BCUT2D eigenvalue weighted by molar-refractivity contribution is 5.79. The molecule has 1 aliphatic carbocycles. The quantitative estimate of drug-likeness (QED) is 0.796. The minimum Gasteiger partial charge on any atom is -0.352 e. The zero-order valence-corrected chi connectivity index (χ0v) is 10.8. The molecule has 2 aliphatic rings. The molecule has 0 bridgehead atoms. The van der Waals surface area contributed by atoms with E-state index in [1.165, 1.54) is 0 Å². The monoisotopic (exact) mass is 260 g/mol. The van der Waals surface area contributed by atoms with E-state index in [0.717, 1.165) is 19.5 Å². The summed E-state index contributed by atoms with van der Waals surface area (Å²) in [6.45, 7) is 3.90. The Kier molecular flexibility index (Phi) is 4.20. The molecule has 104 valence electrons. The van der Waals surface area contributed by atoms with Crippen LogP contribution in [0.3, 0.4) is 0 Å². The smallest absolute Gasteiger partial charge is 0.248 e. The zero-order valence-electron chi connectivity index (χ0n) is 10.8. The predicted octanol–water partition coefficient (Wildman–Crippen LogP) is 1.93. The number of alkyl halides is 2. The van der Waals surface area contributed by atoms with Crippen LogP contribution in [0.4, 0.5) is 8.78 Å². The zero-order chi connectivity index (χ0) is 13.2. The van der Waals surface area contributed by atoms with Gasteiger partial charge in [-0.2, -0.15) is 0 Å². The number of carbonyl (C=O) groups is 1. The van der Waals surface area contributed by atoms with Crippen molar-refractivity contribution < 1.29 is 13.6 Å². The molecule has 2 atom stereocenters. The topological polar surface area (TPSA) is 41.1 Å². The second-order valence-electron chi connectivity index (χ2n) is 5.72. The molecule has 0 aromatic heterocycles. The molecular weight excluding hydrogens is 238 g/mol. The molecular formula is C13H22F2N2O. The molecule has 1 saturated carbocycles. The van der Waals surface area contributed by atoms with Gasteiger partial charge in [-0.3, -0.25) is 4.79 Å². The van der Waals surface area contributed by atoms with Gasteiger partial charge in [0, 0.05) is 31.3 Å². The number of piperidine rings is 1. The van der Waals surface area contributed by atoms with Crippen molar-refractivity contribution in [3.8, 4) is 0 Å². The molecule has 1 heterocycles. The summed E-state index contributed by atoms with van der Waals surface area (Å²) in [6.07, 6.45) is 1.38. The van der Waals surface area contributed by atoms with Gasteiger partial charge in [-0.15, -0.1) is 0 Å². The maximum atomic E-state index is 13.0. The molecule has 1 aliphatic heterocycles. The highest BCUT2D eigenvalue weighted by Crippen LogP contribution is 2.36. The number of nitrogens with one attached hydrogen (secondary N) is 2. The maximum absolute atomic E-state index is 13.0. The van der Waals surface area contributed by atoms with Crippen LogP contribution in [0.5, 0.6) is 0 Å². The van der Waals surface area contributed by atoms with Crippen molar-refractivity contribution in [2.45, 2.75) is 51.0 Å². The van der Waals surface area contributed by atoms with Crippen molar-refractivity contribution in [1.29, 1.82) is 0 Å². The van der Waals surface area contributed by atoms with E-state index in [4.69, 9.17) is 0 Å². The first kappa shape index (κ1) is 13.7. The van der Waals surface area contributed by atoms with Gasteiger partial charge in [0.25, 0.3) is 0 Å². The lowest BCUT2D eigenvalue weighted by Gasteiger charge is -2.33. The molecule has 2 N–H and O–H groups in total. The summed E-state index contributed by atoms with van der Waals surface area (Å²) < 4.78 is 26.0. The number of rotatable bonds is 2. The minimum absolute atomic E-state index is 0.0361. The Morgan fingerprint density at radius 3 is 2.56 bits per heavy atom. The summed E-state index contributed by atoms with van der Waals surface area (Å²) in [5, 5.41) is 6.27. The first-order chi connectivity index (χ1) is 8.48. The van der Waals surface area contributed by atoms with Crippen molar-refractivity contribution in [1.82, 2.24) is 10.6 Å². The summed E-state index contributed by atoms with van der Waals surface area (Å²) in [6, 6.07) is 0.147. The Bertz CT molecular complexity index is 299. The Morgan fingerprint density at radius 1 is 1.28 bits per heavy atom. The van der Waals surface area contributed by atoms with Crippen LogP contribution in [0.15, 0.2) is 0 Å². The van der Waals surface area contributed by atoms with Crippen molar-refractivity contribution in [3.05, 3.63) is 0 Å². The third-order valence-corrected chi connectivity index (χ3v) is 4.24. The van der Waals surface area contributed by atoms with E-state index in [0.29, 0.717) is 18.8 Å². The summed E-state index contributed by atoms with van der Waals surface area (Å²) >= 11 is 0. The van der Waals surface area contributed by atoms with Crippen LogP contribution >= 0.6 is 0 Å². The van der Waals surface area contributed by atoms with Crippen LogP contribution < -0.4 is 10.6 Å². The van der Waals surface area contributed by atoms with Crippen LogP contribution in [-0.4, -0.2) is 31.0 Å². The van der Waals surface area contributed by atoms with Crippen LogP contribution in [-0.2, 0) is 4.79 Å². The lowest BCUT2D eigenvalue weighted by molar-refractivity contribution is -0.130. The molecule has 3 nitrogen and oxygen atoms in total. The maximum Gasteiger partial charge on any atom is 0.248 e. The number of carbonyl (C=O) groups excluding carboxylic acids is 1. The molecule has 0 radical (unpaired) electrons. The van der Waals surface area contributed by atoms with E-state index in [9.17, 15) is 13.6 Å². The van der Waals surface area contributed by atoms with E-state index in [2.05, 4.69) is 17.6 Å². The van der Waals surface area contributed by atoms with Crippen LogP contribution in [0.25, 0.3) is 0 Å². The normalized spacial score (nSPS) is 33.1. The molecule has 1 saturated heterocycles. The Balaban J connectivity index is 1.81. The summed E-state index contributed by atoms with van der Waals surface area (Å²) in [4.78, 5) is 12.0. The minimum atomic E-state index is -2.56. The fourth-order valence-electron chi connectivity index (χ4n) is 2.79. The van der Waals surface area contributed by atoms with Gasteiger partial charge in [0.15, 0.2) is 0 Å². The van der Waals surface area contributed by atoms with Gasteiger partial charge < -0.3 is 10.6 Å². The highest BCUT2D eigenvalue weighted by Gasteiger charge is 2.38. The van der Waals surface area contributed by atoms with Gasteiger partial charge in [-0.1, -0.05) is 6.92 Å². The van der Waals surface area contributed by atoms with Crippen molar-refractivity contribution in [2.75, 3.05) is 13.1 Å². The summed E-state index contributed by atoms with van der Waals surface area (Å²) in [5.74, 6) is -2.36. The average Bonchev–Trinajstić information content (AvgIpc) is 2.32. The third kappa shape index (κ3) is 3.40. The predicted molar refractivity (Wildman–Crippen MR) is 65.5 cm³/mol. The molecule has 2 unspecified atom stereocenters. The van der Waals surface area contributed by atoms with Gasteiger partial charge in [0.2, 0.25) is 11.8 Å². The van der Waals surface area contributed by atoms with Gasteiger partial charge in [0.05, 0.1) is 0 Å². The van der Waals surface area contributed by atoms with Crippen molar-refractivity contribution in [2.24, 2.45) is 11.8 Å². The van der Waals surface area contributed by atoms with E-state index >= 15 is 0 Å². The van der Waals surface area contributed by atoms with Gasteiger partial charge in [0.1, 0.15) is 0 Å². The fraction of sp³-hybridized carbons (Fsp3) is 0.923. The molecule has 0 aromatic rings. The molecule has 2 fully saturated rings. The fourth-order valence-corrected chi connectivity index (χ4v) is 2.79. The number of halogens is 2. The lowest BCUT2D eigenvalue weighted by Crippen LogP contribution is -2.52. The average molecular weight is 260 g/mol. The van der Waals surface area contributed by atoms with Crippen LogP contribution in [0.2, 0.25) is 0 Å². The molecule has 1 amide bonds. The second kappa shape index (κ2) is 5.51. The van der Waals surface area contributed by atoms with E-state index in [-0.39, 0.29) is 30.7 Å². The van der Waals surface area contributed by atoms with Crippen molar-refractivity contribution >= 4 is 5.91 Å². The van der Waals surface area contributed by atoms with Crippen LogP contribution in [0.1, 0.15) is 39.0 Å².